The molecule has 1 N–H and O–H groups in total. The lowest BCUT2D eigenvalue weighted by molar-refractivity contribution is -0.116. The molecule has 1 aliphatic rings. The van der Waals surface area contributed by atoms with Crippen LogP contribution in [-0.4, -0.2) is 17.7 Å². The summed E-state index contributed by atoms with van der Waals surface area (Å²) in [4.78, 5) is 39.1. The average Bonchev–Trinajstić information content (AvgIpc) is 3.11. The maximum Gasteiger partial charge on any atom is 0.267 e. The number of nitrogens with one attached hydrogen (secondary N) is 1. The zero-order chi connectivity index (χ0) is 25.5. The van der Waals surface area contributed by atoms with Gasteiger partial charge < -0.3 is 5.32 Å². The van der Waals surface area contributed by atoms with E-state index in [0.29, 0.717) is 17.8 Å². The van der Waals surface area contributed by atoms with Crippen molar-refractivity contribution in [3.05, 3.63) is 55.5 Å². The molecule has 0 unspecified atom stereocenters. The van der Waals surface area contributed by atoms with Crippen LogP contribution in [0.1, 0.15) is 91.8 Å². The molecule has 0 saturated carbocycles. The number of hydrogen-bond acceptors (Lipinski definition) is 3. The van der Waals surface area contributed by atoms with Crippen LogP contribution < -0.4 is 10.2 Å². The van der Waals surface area contributed by atoms with Crippen molar-refractivity contribution in [3.8, 4) is 0 Å². The van der Waals surface area contributed by atoms with Crippen molar-refractivity contribution < 1.29 is 14.4 Å². The Morgan fingerprint density at radius 3 is 1.66 bits per heavy atom. The molecule has 3 amide bonds. The molecular formula is C26H28Cl4N2O3. The Hall–Kier alpha value is -1.79. The Kier molecular flexibility index (Phi) is 10.3. The van der Waals surface area contributed by atoms with E-state index in [4.69, 9.17) is 46.4 Å². The Morgan fingerprint density at radius 1 is 0.714 bits per heavy atom. The second-order valence-corrected chi connectivity index (χ2v) is 10.1. The average molecular weight is 558 g/mol. The predicted molar refractivity (Wildman–Crippen MR) is 145 cm³/mol. The zero-order valence-corrected chi connectivity index (χ0v) is 22.6. The molecule has 0 radical (unpaired) electrons. The lowest BCUT2D eigenvalue weighted by Gasteiger charge is -2.14. The standard InChI is InChI=1S/C26H28Cl4N2O3/c1-2-3-4-5-6-7-8-9-10-11-18(33)31-16-12-14-17(15-13-16)32-25(34)19-20(26(32)35)22(28)24(30)23(29)21(19)27/h12-15H,2-11H2,1H3,(H,31,33). The minimum Gasteiger partial charge on any atom is -0.326 e. The molecule has 3 rings (SSSR count). The third-order valence-electron chi connectivity index (χ3n) is 6.02. The van der Waals surface area contributed by atoms with Crippen LogP contribution in [0.5, 0.6) is 0 Å². The fourth-order valence-electron chi connectivity index (χ4n) is 4.10. The van der Waals surface area contributed by atoms with Crippen molar-refractivity contribution in [2.75, 3.05) is 10.2 Å². The first-order valence-corrected chi connectivity index (χ1v) is 13.4. The summed E-state index contributed by atoms with van der Waals surface area (Å²) < 4.78 is 0. The highest BCUT2D eigenvalue weighted by Gasteiger charge is 2.42. The monoisotopic (exact) mass is 556 g/mol. The number of imide groups is 1. The smallest absolute Gasteiger partial charge is 0.267 e. The summed E-state index contributed by atoms with van der Waals surface area (Å²) >= 11 is 24.5. The summed E-state index contributed by atoms with van der Waals surface area (Å²) in [5.74, 6) is -1.35. The number of carbonyl (C=O) groups excluding carboxylic acids is 3. The van der Waals surface area contributed by atoms with Crippen LogP contribution in [0.2, 0.25) is 20.1 Å². The van der Waals surface area contributed by atoms with Crippen LogP contribution in [0.4, 0.5) is 11.4 Å². The first kappa shape index (κ1) is 27.8. The van der Waals surface area contributed by atoms with Gasteiger partial charge in [0.25, 0.3) is 11.8 Å². The van der Waals surface area contributed by atoms with Gasteiger partial charge in [0.15, 0.2) is 0 Å². The highest BCUT2D eigenvalue weighted by molar-refractivity contribution is 6.56. The molecule has 1 aliphatic heterocycles. The van der Waals surface area contributed by atoms with Gasteiger partial charge in [0.05, 0.1) is 36.9 Å². The minimum absolute atomic E-state index is 0.0655. The third-order valence-corrected chi connectivity index (χ3v) is 7.82. The first-order chi connectivity index (χ1) is 16.8. The van der Waals surface area contributed by atoms with Crippen LogP contribution >= 0.6 is 46.4 Å². The molecule has 0 fully saturated rings. The number of carbonyl (C=O) groups is 3. The lowest BCUT2D eigenvalue weighted by Crippen LogP contribution is -2.29. The minimum atomic E-state index is -0.641. The van der Waals surface area contributed by atoms with Gasteiger partial charge in [-0.1, -0.05) is 105 Å². The molecule has 1 heterocycles. The van der Waals surface area contributed by atoms with E-state index >= 15 is 0 Å². The van der Waals surface area contributed by atoms with E-state index in [1.165, 1.54) is 38.5 Å². The zero-order valence-electron chi connectivity index (χ0n) is 19.6. The van der Waals surface area contributed by atoms with Gasteiger partial charge in [-0.05, 0) is 30.7 Å². The first-order valence-electron chi connectivity index (χ1n) is 11.9. The number of halogens is 4. The van der Waals surface area contributed by atoms with E-state index in [0.717, 1.165) is 24.2 Å². The molecule has 9 heteroatoms. The molecule has 0 spiro atoms. The molecule has 0 atom stereocenters. The predicted octanol–water partition coefficient (Wildman–Crippen LogP) is 8.96. The Bertz CT molecular complexity index is 1060. The summed E-state index contributed by atoms with van der Waals surface area (Å²) in [6, 6.07) is 6.41. The van der Waals surface area contributed by atoms with Gasteiger partial charge in [0.2, 0.25) is 5.91 Å². The Morgan fingerprint density at radius 2 is 1.17 bits per heavy atom. The number of anilines is 2. The van der Waals surface area contributed by atoms with Gasteiger partial charge in [-0.15, -0.1) is 0 Å². The van der Waals surface area contributed by atoms with Gasteiger partial charge in [0.1, 0.15) is 0 Å². The molecule has 0 aliphatic carbocycles. The number of unbranched alkanes of at least 4 members (excludes halogenated alkanes) is 8. The van der Waals surface area contributed by atoms with Crippen molar-refractivity contribution in [2.45, 2.75) is 71.1 Å². The maximum absolute atomic E-state index is 13.0. The van der Waals surface area contributed by atoms with E-state index in [1.54, 1.807) is 24.3 Å². The van der Waals surface area contributed by atoms with Crippen molar-refractivity contribution in [3.63, 3.8) is 0 Å². The molecular weight excluding hydrogens is 530 g/mol. The largest absolute Gasteiger partial charge is 0.326 e. The summed E-state index contributed by atoms with van der Waals surface area (Å²) in [6.45, 7) is 2.22. The normalized spacial score (nSPS) is 12.9. The highest BCUT2D eigenvalue weighted by atomic mass is 35.5. The SMILES string of the molecule is CCCCCCCCCCCC(=O)Nc1ccc(N2C(=O)c3c(Cl)c(Cl)c(Cl)c(Cl)c3C2=O)cc1. The van der Waals surface area contributed by atoms with Gasteiger partial charge in [0, 0.05) is 12.1 Å². The summed E-state index contributed by atoms with van der Waals surface area (Å²) in [5.41, 5.74) is 0.741. The quantitative estimate of drug-likeness (QED) is 0.122. The number of hydrogen-bond donors (Lipinski definition) is 1. The highest BCUT2D eigenvalue weighted by Crippen LogP contribution is 2.45. The molecule has 0 saturated heterocycles. The van der Waals surface area contributed by atoms with E-state index in [2.05, 4.69) is 12.2 Å². The van der Waals surface area contributed by atoms with Crippen LogP contribution in [0.25, 0.3) is 0 Å². The number of benzene rings is 2. The second-order valence-electron chi connectivity index (χ2n) is 8.63. The van der Waals surface area contributed by atoms with Crippen molar-refractivity contribution in [1.82, 2.24) is 0 Å². The Labute approximate surface area is 226 Å². The molecule has 35 heavy (non-hydrogen) atoms. The van der Waals surface area contributed by atoms with Gasteiger partial charge in [-0.3, -0.25) is 14.4 Å². The van der Waals surface area contributed by atoms with Crippen molar-refractivity contribution >= 4 is 75.5 Å². The molecule has 0 bridgehead atoms. The topological polar surface area (TPSA) is 66.5 Å². The van der Waals surface area contributed by atoms with Crippen LogP contribution in [0, 0.1) is 0 Å². The molecule has 5 nitrogen and oxygen atoms in total. The fourth-order valence-corrected chi connectivity index (χ4v) is 5.11. The number of fused-ring (bicyclic) bond motifs is 1. The summed E-state index contributed by atoms with van der Waals surface area (Å²) in [5, 5.41) is 2.47. The van der Waals surface area contributed by atoms with E-state index < -0.39 is 11.8 Å². The van der Waals surface area contributed by atoms with Crippen LogP contribution in [0.3, 0.4) is 0 Å². The van der Waals surface area contributed by atoms with Gasteiger partial charge in [-0.2, -0.15) is 0 Å². The van der Waals surface area contributed by atoms with Gasteiger partial charge >= 0.3 is 0 Å². The maximum atomic E-state index is 13.0. The van der Waals surface area contributed by atoms with Gasteiger partial charge in [-0.25, -0.2) is 4.90 Å². The summed E-state index contributed by atoms with van der Waals surface area (Å²) in [6.07, 6.45) is 11.2. The number of nitrogens with zero attached hydrogens (tertiary/aromatic N) is 1. The molecule has 2 aromatic carbocycles. The van der Waals surface area contributed by atoms with Crippen molar-refractivity contribution in [2.24, 2.45) is 0 Å². The fraction of sp³-hybridized carbons (Fsp3) is 0.423. The van der Waals surface area contributed by atoms with Crippen molar-refractivity contribution in [1.29, 1.82) is 0 Å². The summed E-state index contributed by atoms with van der Waals surface area (Å²) in [7, 11) is 0. The molecule has 2 aromatic rings. The van der Waals surface area contributed by atoms with Crippen LogP contribution in [-0.2, 0) is 4.79 Å². The Balaban J connectivity index is 1.53. The second kappa shape index (κ2) is 13.0. The van der Waals surface area contributed by atoms with E-state index in [1.807, 2.05) is 0 Å². The number of amides is 3. The van der Waals surface area contributed by atoms with E-state index in [-0.39, 0.29) is 37.1 Å². The molecule has 188 valence electrons. The number of rotatable bonds is 12. The van der Waals surface area contributed by atoms with E-state index in [9.17, 15) is 14.4 Å². The molecule has 0 aromatic heterocycles. The van der Waals surface area contributed by atoms with Crippen LogP contribution in [0.15, 0.2) is 24.3 Å². The third kappa shape index (κ3) is 6.51. The lowest BCUT2D eigenvalue weighted by atomic mass is 10.1.